The molecule has 0 unspecified atom stereocenters. The first-order valence-corrected chi connectivity index (χ1v) is 5.87. The van der Waals surface area contributed by atoms with Crippen LogP contribution in [0.2, 0.25) is 0 Å². The second-order valence-corrected chi connectivity index (χ2v) is 4.42. The molecule has 19 heavy (non-hydrogen) atoms. The van der Waals surface area contributed by atoms with Crippen LogP contribution >= 0.6 is 0 Å². The molecule has 0 radical (unpaired) electrons. The van der Waals surface area contributed by atoms with Gasteiger partial charge in [-0.3, -0.25) is 4.68 Å². The Morgan fingerprint density at radius 1 is 1.32 bits per heavy atom. The van der Waals surface area contributed by atoms with Crippen molar-refractivity contribution in [3.05, 3.63) is 35.2 Å². The topological polar surface area (TPSA) is 64.3 Å². The summed E-state index contributed by atoms with van der Waals surface area (Å²) in [5, 5.41) is 13.5. The molecule has 5 heteroatoms. The van der Waals surface area contributed by atoms with Crippen molar-refractivity contribution in [1.82, 2.24) is 9.78 Å². The van der Waals surface area contributed by atoms with Gasteiger partial charge in [-0.2, -0.15) is 5.10 Å². The van der Waals surface area contributed by atoms with E-state index in [4.69, 9.17) is 9.84 Å². The van der Waals surface area contributed by atoms with Crippen LogP contribution in [-0.4, -0.2) is 28.0 Å². The van der Waals surface area contributed by atoms with Crippen molar-refractivity contribution in [3.8, 4) is 16.9 Å². The summed E-state index contributed by atoms with van der Waals surface area (Å²) >= 11 is 0. The molecule has 0 saturated heterocycles. The Hall–Kier alpha value is -2.30. The van der Waals surface area contributed by atoms with E-state index in [1.165, 1.54) is 13.2 Å². The smallest absolute Gasteiger partial charge is 0.335 e. The van der Waals surface area contributed by atoms with E-state index in [1.807, 2.05) is 27.0 Å². The van der Waals surface area contributed by atoms with Crippen LogP contribution in [-0.2, 0) is 7.05 Å². The van der Waals surface area contributed by atoms with Gasteiger partial charge in [0.1, 0.15) is 5.75 Å². The molecule has 1 N–H and O–H groups in total. The van der Waals surface area contributed by atoms with E-state index in [1.54, 1.807) is 10.7 Å². The normalized spacial score (nSPS) is 10.5. The summed E-state index contributed by atoms with van der Waals surface area (Å²) in [4.78, 5) is 11.2. The molecule has 2 rings (SSSR count). The third-order valence-electron chi connectivity index (χ3n) is 3.19. The molecule has 1 aromatic carbocycles. The van der Waals surface area contributed by atoms with Crippen molar-refractivity contribution in [2.45, 2.75) is 13.8 Å². The van der Waals surface area contributed by atoms with Crippen molar-refractivity contribution in [2.75, 3.05) is 7.11 Å². The van der Waals surface area contributed by atoms with Gasteiger partial charge in [0, 0.05) is 18.3 Å². The number of hydrogen-bond donors (Lipinski definition) is 1. The van der Waals surface area contributed by atoms with Gasteiger partial charge in [-0.1, -0.05) is 0 Å². The van der Waals surface area contributed by atoms with Crippen LogP contribution in [0.15, 0.2) is 18.2 Å². The molecule has 1 heterocycles. The number of carboxylic acid groups (broad SMARTS) is 1. The molecule has 100 valence electrons. The molecule has 0 amide bonds. The highest BCUT2D eigenvalue weighted by atomic mass is 16.5. The number of rotatable bonds is 3. The molecule has 0 aliphatic rings. The third-order valence-corrected chi connectivity index (χ3v) is 3.19. The summed E-state index contributed by atoms with van der Waals surface area (Å²) in [7, 11) is 3.39. The maximum absolute atomic E-state index is 11.2. The fraction of sp³-hybridized carbons (Fsp3) is 0.286. The van der Waals surface area contributed by atoms with E-state index in [0.717, 1.165) is 22.5 Å². The van der Waals surface area contributed by atoms with E-state index in [2.05, 4.69) is 5.10 Å². The average molecular weight is 260 g/mol. The van der Waals surface area contributed by atoms with Crippen molar-refractivity contribution in [2.24, 2.45) is 7.05 Å². The van der Waals surface area contributed by atoms with Crippen molar-refractivity contribution in [3.63, 3.8) is 0 Å². The lowest BCUT2D eigenvalue weighted by atomic mass is 10.0. The Labute approximate surface area is 111 Å². The van der Waals surface area contributed by atoms with Crippen LogP contribution in [0.25, 0.3) is 11.1 Å². The molecule has 0 bridgehead atoms. The SMILES string of the molecule is COc1cc(C(=O)O)cc(-c2c(C)nn(C)c2C)c1. The monoisotopic (exact) mass is 260 g/mol. The van der Waals surface area contributed by atoms with Gasteiger partial charge in [-0.15, -0.1) is 0 Å². The summed E-state index contributed by atoms with van der Waals surface area (Å²) in [6, 6.07) is 4.97. The van der Waals surface area contributed by atoms with Gasteiger partial charge >= 0.3 is 5.97 Å². The highest BCUT2D eigenvalue weighted by Gasteiger charge is 2.15. The number of hydrogen-bond acceptors (Lipinski definition) is 3. The van der Waals surface area contributed by atoms with E-state index < -0.39 is 5.97 Å². The Bertz CT molecular complexity index is 644. The maximum atomic E-state index is 11.2. The minimum absolute atomic E-state index is 0.206. The molecule has 5 nitrogen and oxygen atoms in total. The van der Waals surface area contributed by atoms with Crippen molar-refractivity contribution in [1.29, 1.82) is 0 Å². The number of aromatic nitrogens is 2. The van der Waals surface area contributed by atoms with Crippen LogP contribution in [0.1, 0.15) is 21.7 Å². The summed E-state index contributed by atoms with van der Waals surface area (Å²) < 4.78 is 6.95. The van der Waals surface area contributed by atoms with Crippen molar-refractivity contribution < 1.29 is 14.6 Å². The summed E-state index contributed by atoms with van der Waals surface area (Å²) in [6.07, 6.45) is 0. The summed E-state index contributed by atoms with van der Waals surface area (Å²) in [6.45, 7) is 3.86. The predicted molar refractivity (Wildman–Crippen MR) is 71.6 cm³/mol. The van der Waals surface area contributed by atoms with E-state index in [0.29, 0.717) is 5.75 Å². The number of methoxy groups -OCH3 is 1. The average Bonchev–Trinajstić information content (AvgIpc) is 2.62. The molecule has 0 aliphatic heterocycles. The number of benzene rings is 1. The minimum atomic E-state index is -0.973. The number of carbonyl (C=O) groups is 1. The molecular formula is C14H16N2O3. The zero-order chi connectivity index (χ0) is 14.2. The van der Waals surface area contributed by atoms with Gasteiger partial charge in [0.15, 0.2) is 0 Å². The highest BCUT2D eigenvalue weighted by molar-refractivity contribution is 5.90. The summed E-state index contributed by atoms with van der Waals surface area (Å²) in [5.41, 5.74) is 3.81. The van der Waals surface area contributed by atoms with Gasteiger partial charge in [0.2, 0.25) is 0 Å². The third kappa shape index (κ3) is 2.31. The molecular weight excluding hydrogens is 244 g/mol. The first kappa shape index (κ1) is 13.1. The number of ether oxygens (including phenoxy) is 1. The molecule has 0 saturated carbocycles. The zero-order valence-electron chi connectivity index (χ0n) is 11.4. The predicted octanol–water partition coefficient (Wildman–Crippen LogP) is 2.41. The first-order chi connectivity index (χ1) is 8.93. The largest absolute Gasteiger partial charge is 0.497 e. The quantitative estimate of drug-likeness (QED) is 0.920. The van der Waals surface area contributed by atoms with Gasteiger partial charge in [0.25, 0.3) is 0 Å². The Balaban J connectivity index is 2.67. The molecule has 0 fully saturated rings. The van der Waals surface area contributed by atoms with E-state index in [-0.39, 0.29) is 5.56 Å². The minimum Gasteiger partial charge on any atom is -0.497 e. The van der Waals surface area contributed by atoms with E-state index >= 15 is 0 Å². The van der Waals surface area contributed by atoms with Gasteiger partial charge in [-0.25, -0.2) is 4.79 Å². The standard InChI is InChI=1S/C14H16N2O3/c1-8-13(9(2)16(3)15-8)10-5-11(14(17)18)7-12(6-10)19-4/h5-7H,1-4H3,(H,17,18). The molecule has 0 atom stereocenters. The highest BCUT2D eigenvalue weighted by Crippen LogP contribution is 2.30. The lowest BCUT2D eigenvalue weighted by Gasteiger charge is -2.07. The van der Waals surface area contributed by atoms with Gasteiger partial charge < -0.3 is 9.84 Å². The zero-order valence-corrected chi connectivity index (χ0v) is 11.4. The molecule has 0 spiro atoms. The maximum Gasteiger partial charge on any atom is 0.335 e. The first-order valence-electron chi connectivity index (χ1n) is 5.87. The molecule has 2 aromatic rings. The van der Waals surface area contributed by atoms with Crippen LogP contribution < -0.4 is 4.74 Å². The second-order valence-electron chi connectivity index (χ2n) is 4.42. The fourth-order valence-electron chi connectivity index (χ4n) is 2.18. The van der Waals surface area contributed by atoms with Gasteiger partial charge in [0.05, 0.1) is 18.4 Å². The lowest BCUT2D eigenvalue weighted by molar-refractivity contribution is 0.0696. The number of carboxylic acids is 1. The molecule has 0 aliphatic carbocycles. The van der Waals surface area contributed by atoms with E-state index in [9.17, 15) is 4.79 Å². The van der Waals surface area contributed by atoms with Crippen LogP contribution in [0.4, 0.5) is 0 Å². The van der Waals surface area contributed by atoms with Gasteiger partial charge in [-0.05, 0) is 37.6 Å². The summed E-state index contributed by atoms with van der Waals surface area (Å²) in [5.74, 6) is -0.447. The van der Waals surface area contributed by atoms with Crippen LogP contribution in [0.5, 0.6) is 5.75 Å². The van der Waals surface area contributed by atoms with Crippen molar-refractivity contribution >= 4 is 5.97 Å². The Kier molecular flexibility index (Phi) is 3.29. The Morgan fingerprint density at radius 3 is 2.47 bits per heavy atom. The molecule has 1 aromatic heterocycles. The van der Waals surface area contributed by atoms with Crippen LogP contribution in [0, 0.1) is 13.8 Å². The fourth-order valence-corrected chi connectivity index (χ4v) is 2.18. The Morgan fingerprint density at radius 2 is 2.00 bits per heavy atom. The second kappa shape index (κ2) is 4.76. The van der Waals surface area contributed by atoms with Crippen LogP contribution in [0.3, 0.4) is 0 Å². The lowest BCUT2D eigenvalue weighted by Crippen LogP contribution is -1.98. The number of nitrogens with zero attached hydrogens (tertiary/aromatic N) is 2. The number of aromatic carboxylic acids is 1. The number of aryl methyl sites for hydroxylation is 2.